The highest BCUT2D eigenvalue weighted by Gasteiger charge is 2.14. The van der Waals surface area contributed by atoms with E-state index in [0.717, 1.165) is 11.2 Å². The molecular weight excluding hydrogens is 264 g/mol. The zero-order valence-corrected chi connectivity index (χ0v) is 10.9. The highest BCUT2D eigenvalue weighted by Crippen LogP contribution is 2.23. The van der Waals surface area contributed by atoms with Crippen LogP contribution in [0.5, 0.6) is 0 Å². The first-order valence-electron chi connectivity index (χ1n) is 6.43. The van der Waals surface area contributed by atoms with E-state index in [1.54, 1.807) is 0 Å². The van der Waals surface area contributed by atoms with Crippen molar-refractivity contribution >= 4 is 11.0 Å². The second-order valence-corrected chi connectivity index (χ2v) is 4.60. The van der Waals surface area contributed by atoms with Gasteiger partial charge in [0.2, 0.25) is 0 Å². The van der Waals surface area contributed by atoms with E-state index in [4.69, 9.17) is 0 Å². The van der Waals surface area contributed by atoms with Crippen molar-refractivity contribution in [3.05, 3.63) is 60.7 Å². The van der Waals surface area contributed by atoms with E-state index in [1.807, 2.05) is 64.3 Å². The molecule has 4 rings (SSSR count). The molecule has 0 atom stereocenters. The minimum Gasteiger partial charge on any atom is -0.307 e. The molecule has 1 N–H and O–H groups in total. The highest BCUT2D eigenvalue weighted by atomic mass is 15.2. The number of nitrogens with zero attached hydrogens (tertiary/aromatic N) is 5. The third-order valence-electron chi connectivity index (χ3n) is 3.33. The monoisotopic (exact) mass is 274 g/mol. The number of pyridine rings is 1. The molecule has 4 heterocycles. The molecule has 0 radical (unpaired) electrons. The topological polar surface area (TPSA) is 75.2 Å². The molecule has 0 aliphatic carbocycles. The molecule has 0 unspecified atom stereocenters. The van der Waals surface area contributed by atoms with Gasteiger partial charge >= 0.3 is 0 Å². The lowest BCUT2D eigenvalue weighted by atomic mass is 10.2. The van der Waals surface area contributed by atoms with Gasteiger partial charge in [-0.2, -0.15) is 10.4 Å². The number of nitrogens with one attached hydrogen (secondary N) is 1. The van der Waals surface area contributed by atoms with Crippen LogP contribution in [0, 0.1) is 11.3 Å². The molecule has 0 amide bonds. The molecular formula is C15H10N6. The minimum absolute atomic E-state index is 0.508. The molecule has 4 aromatic rings. The fraction of sp³-hybridized carbons (Fsp3) is 0. The lowest BCUT2D eigenvalue weighted by molar-refractivity contribution is 0.967. The van der Waals surface area contributed by atoms with Gasteiger partial charge in [0.05, 0.1) is 10.9 Å². The van der Waals surface area contributed by atoms with E-state index in [-0.39, 0.29) is 0 Å². The van der Waals surface area contributed by atoms with Crippen LogP contribution in [0.2, 0.25) is 0 Å². The molecule has 0 saturated carbocycles. The van der Waals surface area contributed by atoms with E-state index >= 15 is 0 Å². The first-order chi connectivity index (χ1) is 10.4. The summed E-state index contributed by atoms with van der Waals surface area (Å²) < 4.78 is 3.70. The summed E-state index contributed by atoms with van der Waals surface area (Å²) in [6, 6.07) is 11.7. The van der Waals surface area contributed by atoms with Crippen molar-refractivity contribution in [1.82, 2.24) is 24.3 Å². The van der Waals surface area contributed by atoms with Crippen LogP contribution in [0.4, 0.5) is 0 Å². The largest absolute Gasteiger partial charge is 0.307 e. The van der Waals surface area contributed by atoms with Gasteiger partial charge in [-0.3, -0.25) is 5.10 Å². The van der Waals surface area contributed by atoms with Crippen molar-refractivity contribution in [2.24, 2.45) is 0 Å². The summed E-state index contributed by atoms with van der Waals surface area (Å²) in [7, 11) is 0. The lowest BCUT2D eigenvalue weighted by Gasteiger charge is -2.05. The molecule has 0 aromatic carbocycles. The van der Waals surface area contributed by atoms with Gasteiger partial charge < -0.3 is 9.13 Å². The van der Waals surface area contributed by atoms with Gasteiger partial charge in [-0.25, -0.2) is 4.98 Å². The van der Waals surface area contributed by atoms with Crippen LogP contribution in [0.25, 0.3) is 22.7 Å². The fourth-order valence-electron chi connectivity index (χ4n) is 2.35. The number of nitriles is 1. The van der Waals surface area contributed by atoms with Crippen molar-refractivity contribution in [1.29, 1.82) is 5.26 Å². The summed E-state index contributed by atoms with van der Waals surface area (Å²) in [6.07, 6.45) is 7.53. The normalized spacial score (nSPS) is 10.8. The molecule has 21 heavy (non-hydrogen) atoms. The zero-order valence-electron chi connectivity index (χ0n) is 10.9. The molecule has 100 valence electrons. The minimum atomic E-state index is 0.508. The van der Waals surface area contributed by atoms with Crippen LogP contribution in [-0.4, -0.2) is 24.3 Å². The van der Waals surface area contributed by atoms with E-state index in [9.17, 15) is 5.26 Å². The van der Waals surface area contributed by atoms with Crippen molar-refractivity contribution in [3.63, 3.8) is 0 Å². The van der Waals surface area contributed by atoms with Crippen LogP contribution in [0.15, 0.2) is 55.1 Å². The van der Waals surface area contributed by atoms with Crippen molar-refractivity contribution in [2.75, 3.05) is 0 Å². The molecule has 6 nitrogen and oxygen atoms in total. The third kappa shape index (κ3) is 1.72. The van der Waals surface area contributed by atoms with Gasteiger partial charge in [-0.05, 0) is 30.3 Å². The predicted octanol–water partition coefficient (Wildman–Crippen LogP) is 2.41. The van der Waals surface area contributed by atoms with Gasteiger partial charge in [0, 0.05) is 24.8 Å². The Morgan fingerprint density at radius 1 is 0.952 bits per heavy atom. The second-order valence-electron chi connectivity index (χ2n) is 4.60. The van der Waals surface area contributed by atoms with E-state index in [2.05, 4.69) is 21.3 Å². The van der Waals surface area contributed by atoms with Crippen molar-refractivity contribution in [3.8, 4) is 17.7 Å². The maximum atomic E-state index is 9.39. The summed E-state index contributed by atoms with van der Waals surface area (Å²) in [5.41, 5.74) is 1.16. The average molecular weight is 274 g/mol. The van der Waals surface area contributed by atoms with E-state index < -0.39 is 0 Å². The molecule has 4 aromatic heterocycles. The maximum absolute atomic E-state index is 9.39. The Balaban J connectivity index is 1.99. The molecule has 0 aliphatic heterocycles. The Hall–Kier alpha value is -3.33. The summed E-state index contributed by atoms with van der Waals surface area (Å²) in [5.74, 6) is 1.33. The predicted molar refractivity (Wildman–Crippen MR) is 77.3 cm³/mol. The van der Waals surface area contributed by atoms with Gasteiger partial charge in [0.25, 0.3) is 0 Å². The third-order valence-corrected chi connectivity index (χ3v) is 3.33. The van der Waals surface area contributed by atoms with Gasteiger partial charge in [0.1, 0.15) is 6.07 Å². The number of aromatic amines is 1. The molecule has 0 aliphatic rings. The fourth-order valence-corrected chi connectivity index (χ4v) is 2.35. The number of fused-ring (bicyclic) bond motifs is 1. The molecule has 0 spiro atoms. The van der Waals surface area contributed by atoms with Crippen molar-refractivity contribution < 1.29 is 0 Å². The Morgan fingerprint density at radius 2 is 1.57 bits per heavy atom. The summed E-state index contributed by atoms with van der Waals surface area (Å²) in [4.78, 5) is 4.53. The standard InChI is InChI=1S/C15H10N6/c16-10-11-9-12-13(17-14(11)20-5-1-2-6-20)18-19-15(12)21-7-3-4-8-21/h1-9H,(H,17,18,19). The van der Waals surface area contributed by atoms with Gasteiger partial charge in [0.15, 0.2) is 17.3 Å². The van der Waals surface area contributed by atoms with Crippen LogP contribution in [0.1, 0.15) is 5.56 Å². The Kier molecular flexibility index (Phi) is 2.38. The smallest absolute Gasteiger partial charge is 0.168 e. The zero-order chi connectivity index (χ0) is 14.2. The van der Waals surface area contributed by atoms with Crippen LogP contribution < -0.4 is 0 Å². The maximum Gasteiger partial charge on any atom is 0.168 e. The van der Waals surface area contributed by atoms with E-state index in [0.29, 0.717) is 17.0 Å². The number of aromatic nitrogens is 5. The Bertz CT molecular complexity index is 938. The SMILES string of the molecule is N#Cc1cc2c(-n3cccc3)n[nH]c2nc1-n1cccc1. The number of hydrogen-bond acceptors (Lipinski definition) is 3. The summed E-state index contributed by atoms with van der Waals surface area (Å²) in [6.45, 7) is 0. The average Bonchev–Trinajstić information content (AvgIpc) is 3.25. The van der Waals surface area contributed by atoms with Crippen LogP contribution in [-0.2, 0) is 0 Å². The van der Waals surface area contributed by atoms with Gasteiger partial charge in [-0.1, -0.05) is 0 Å². The van der Waals surface area contributed by atoms with Crippen molar-refractivity contribution in [2.45, 2.75) is 0 Å². The summed E-state index contributed by atoms with van der Waals surface area (Å²) >= 11 is 0. The first-order valence-corrected chi connectivity index (χ1v) is 6.43. The summed E-state index contributed by atoms with van der Waals surface area (Å²) in [5, 5.41) is 17.4. The Labute approximate surface area is 119 Å². The molecule has 0 saturated heterocycles. The van der Waals surface area contributed by atoms with Crippen LogP contribution >= 0.6 is 0 Å². The number of hydrogen-bond donors (Lipinski definition) is 1. The lowest BCUT2D eigenvalue weighted by Crippen LogP contribution is -1.99. The molecule has 0 fully saturated rings. The second kappa shape index (κ2) is 4.35. The van der Waals surface area contributed by atoms with E-state index in [1.165, 1.54) is 0 Å². The van der Waals surface area contributed by atoms with Crippen LogP contribution in [0.3, 0.4) is 0 Å². The molecule has 0 bridgehead atoms. The molecule has 6 heteroatoms. The highest BCUT2D eigenvalue weighted by molar-refractivity contribution is 5.85. The van der Waals surface area contributed by atoms with Gasteiger partial charge in [-0.15, -0.1) is 0 Å². The first kappa shape index (κ1) is 11.5. The number of rotatable bonds is 2. The number of H-pyrrole nitrogens is 1. The quantitative estimate of drug-likeness (QED) is 0.610. The Morgan fingerprint density at radius 3 is 2.19 bits per heavy atom.